The van der Waals surface area contributed by atoms with Crippen molar-refractivity contribution in [2.75, 3.05) is 38.8 Å². The molecule has 3 nitrogen and oxygen atoms in total. The molecule has 90 valence electrons. The zero-order valence-corrected chi connectivity index (χ0v) is 10.4. The van der Waals surface area contributed by atoms with Crippen molar-refractivity contribution in [1.29, 1.82) is 0 Å². The predicted molar refractivity (Wildman–Crippen MR) is 69.1 cm³/mol. The summed E-state index contributed by atoms with van der Waals surface area (Å²) in [6.45, 7) is 4.78. The van der Waals surface area contributed by atoms with E-state index in [2.05, 4.69) is 48.5 Å². The molecule has 16 heavy (non-hydrogen) atoms. The zero-order chi connectivity index (χ0) is 11.8. The molecule has 3 heteroatoms. The van der Waals surface area contributed by atoms with Crippen molar-refractivity contribution in [3.05, 3.63) is 30.3 Å². The van der Waals surface area contributed by atoms with Gasteiger partial charge in [-0.3, -0.25) is 0 Å². The smallest absolute Gasteiger partial charge is 0.0633 e. The summed E-state index contributed by atoms with van der Waals surface area (Å²) in [5, 5.41) is 3.42. The Morgan fingerprint density at radius 2 is 2.00 bits per heavy atom. The Hall–Kier alpha value is -1.06. The van der Waals surface area contributed by atoms with Crippen LogP contribution in [0.5, 0.6) is 0 Å². The topological polar surface area (TPSA) is 24.5 Å². The molecule has 0 bridgehead atoms. The molecular weight excluding hydrogens is 200 g/mol. The molecule has 0 fully saturated rings. The highest BCUT2D eigenvalue weighted by Crippen LogP contribution is 2.11. The number of hydrogen-bond acceptors (Lipinski definition) is 3. The van der Waals surface area contributed by atoms with Gasteiger partial charge in [-0.2, -0.15) is 0 Å². The van der Waals surface area contributed by atoms with E-state index in [4.69, 9.17) is 4.74 Å². The lowest BCUT2D eigenvalue weighted by Crippen LogP contribution is -2.42. The second-order valence-corrected chi connectivity index (χ2v) is 3.93. The third-order valence-corrected chi connectivity index (χ3v) is 2.55. The van der Waals surface area contributed by atoms with Crippen LogP contribution in [0.4, 0.5) is 5.69 Å². The van der Waals surface area contributed by atoms with Gasteiger partial charge < -0.3 is 15.0 Å². The fraction of sp³-hybridized carbons (Fsp3) is 0.538. The molecule has 1 atom stereocenters. The molecule has 1 unspecified atom stereocenters. The second kappa shape index (κ2) is 7.25. The van der Waals surface area contributed by atoms with Crippen LogP contribution in [0.2, 0.25) is 0 Å². The standard InChI is InChI=1S/C13H22N2O/c1-4-14-12(11-16-3)10-15(2)13-8-6-5-7-9-13/h5-9,12,14H,4,10-11H2,1-3H3. The molecule has 1 N–H and O–H groups in total. The molecule has 0 spiro atoms. The van der Waals surface area contributed by atoms with Gasteiger partial charge >= 0.3 is 0 Å². The molecular formula is C13H22N2O. The van der Waals surface area contributed by atoms with Crippen molar-refractivity contribution >= 4 is 5.69 Å². The first-order chi connectivity index (χ1) is 7.77. The Bertz CT molecular complexity index is 271. The van der Waals surface area contributed by atoms with E-state index in [0.29, 0.717) is 6.04 Å². The molecule has 1 rings (SSSR count). The van der Waals surface area contributed by atoms with Crippen molar-refractivity contribution in [3.63, 3.8) is 0 Å². The minimum Gasteiger partial charge on any atom is -0.383 e. The summed E-state index contributed by atoms with van der Waals surface area (Å²) in [4.78, 5) is 2.24. The van der Waals surface area contributed by atoms with E-state index >= 15 is 0 Å². The normalized spacial score (nSPS) is 12.4. The highest BCUT2D eigenvalue weighted by atomic mass is 16.5. The van der Waals surface area contributed by atoms with Crippen molar-refractivity contribution in [1.82, 2.24) is 5.32 Å². The molecule has 0 aromatic heterocycles. The van der Waals surface area contributed by atoms with Gasteiger partial charge in [-0.15, -0.1) is 0 Å². The van der Waals surface area contributed by atoms with Gasteiger partial charge in [0.2, 0.25) is 0 Å². The minimum absolute atomic E-state index is 0.375. The number of ether oxygens (including phenoxy) is 1. The van der Waals surface area contributed by atoms with Gasteiger partial charge in [0.1, 0.15) is 0 Å². The molecule has 0 saturated carbocycles. The summed E-state index contributed by atoms with van der Waals surface area (Å²) in [7, 11) is 3.85. The average Bonchev–Trinajstić information content (AvgIpc) is 2.31. The van der Waals surface area contributed by atoms with E-state index in [0.717, 1.165) is 19.7 Å². The summed E-state index contributed by atoms with van der Waals surface area (Å²) in [6.07, 6.45) is 0. The van der Waals surface area contributed by atoms with Crippen molar-refractivity contribution < 1.29 is 4.74 Å². The minimum atomic E-state index is 0.375. The van der Waals surface area contributed by atoms with Gasteiger partial charge in [0.05, 0.1) is 6.61 Å². The highest BCUT2D eigenvalue weighted by Gasteiger charge is 2.10. The van der Waals surface area contributed by atoms with Gasteiger partial charge in [0.25, 0.3) is 0 Å². The number of methoxy groups -OCH3 is 1. The Morgan fingerprint density at radius 1 is 1.31 bits per heavy atom. The highest BCUT2D eigenvalue weighted by molar-refractivity contribution is 5.45. The van der Waals surface area contributed by atoms with E-state index in [-0.39, 0.29) is 0 Å². The van der Waals surface area contributed by atoms with E-state index in [1.807, 2.05) is 6.07 Å². The number of nitrogens with one attached hydrogen (secondary N) is 1. The Labute approximate surface area is 98.4 Å². The third kappa shape index (κ3) is 4.21. The Kier molecular flexibility index (Phi) is 5.90. The van der Waals surface area contributed by atoms with Crippen LogP contribution in [0, 0.1) is 0 Å². The van der Waals surface area contributed by atoms with Crippen molar-refractivity contribution in [2.24, 2.45) is 0 Å². The monoisotopic (exact) mass is 222 g/mol. The number of rotatable bonds is 7. The van der Waals surface area contributed by atoms with E-state index in [1.165, 1.54) is 5.69 Å². The molecule has 1 aromatic carbocycles. The van der Waals surface area contributed by atoms with E-state index < -0.39 is 0 Å². The maximum atomic E-state index is 5.20. The van der Waals surface area contributed by atoms with Crippen LogP contribution in [-0.2, 0) is 4.74 Å². The fourth-order valence-electron chi connectivity index (χ4n) is 1.78. The summed E-state index contributed by atoms with van der Waals surface area (Å²) >= 11 is 0. The van der Waals surface area contributed by atoms with Crippen molar-refractivity contribution in [3.8, 4) is 0 Å². The van der Waals surface area contributed by atoms with Gasteiger partial charge in [0.15, 0.2) is 0 Å². The number of benzene rings is 1. The number of para-hydroxylation sites is 1. The lowest BCUT2D eigenvalue weighted by molar-refractivity contribution is 0.169. The first-order valence-electron chi connectivity index (χ1n) is 5.76. The van der Waals surface area contributed by atoms with Gasteiger partial charge in [-0.25, -0.2) is 0 Å². The van der Waals surface area contributed by atoms with Crippen molar-refractivity contribution in [2.45, 2.75) is 13.0 Å². The number of nitrogens with zero attached hydrogens (tertiary/aromatic N) is 1. The SMILES string of the molecule is CCNC(COC)CN(C)c1ccccc1. The molecule has 1 aromatic rings. The summed E-state index contributed by atoms with van der Waals surface area (Å²) < 4.78 is 5.20. The molecule has 0 amide bonds. The summed E-state index contributed by atoms with van der Waals surface area (Å²) in [5.74, 6) is 0. The molecule has 0 aliphatic heterocycles. The summed E-state index contributed by atoms with van der Waals surface area (Å²) in [6, 6.07) is 10.8. The zero-order valence-electron chi connectivity index (χ0n) is 10.4. The van der Waals surface area contributed by atoms with Crippen LogP contribution >= 0.6 is 0 Å². The van der Waals surface area contributed by atoms with Crippen LogP contribution in [-0.4, -0.2) is 39.9 Å². The fourth-order valence-corrected chi connectivity index (χ4v) is 1.78. The maximum Gasteiger partial charge on any atom is 0.0633 e. The molecule has 0 aliphatic rings. The number of hydrogen-bond donors (Lipinski definition) is 1. The van der Waals surface area contributed by atoms with Crippen LogP contribution in [0.15, 0.2) is 30.3 Å². The second-order valence-electron chi connectivity index (χ2n) is 3.93. The lowest BCUT2D eigenvalue weighted by atomic mass is 10.2. The lowest BCUT2D eigenvalue weighted by Gasteiger charge is -2.25. The molecule has 0 saturated heterocycles. The Morgan fingerprint density at radius 3 is 2.56 bits per heavy atom. The molecule has 0 aliphatic carbocycles. The van der Waals surface area contributed by atoms with E-state index in [1.54, 1.807) is 7.11 Å². The molecule has 0 heterocycles. The van der Waals surface area contributed by atoms with Crippen LogP contribution in [0.25, 0.3) is 0 Å². The van der Waals surface area contributed by atoms with E-state index in [9.17, 15) is 0 Å². The average molecular weight is 222 g/mol. The molecule has 0 radical (unpaired) electrons. The summed E-state index contributed by atoms with van der Waals surface area (Å²) in [5.41, 5.74) is 1.24. The number of likely N-dealkylation sites (N-methyl/N-ethyl adjacent to an activating group) is 2. The Balaban J connectivity index is 2.50. The largest absolute Gasteiger partial charge is 0.383 e. The van der Waals surface area contributed by atoms with Crippen LogP contribution < -0.4 is 10.2 Å². The number of anilines is 1. The van der Waals surface area contributed by atoms with Gasteiger partial charge in [-0.1, -0.05) is 25.1 Å². The van der Waals surface area contributed by atoms with Crippen LogP contribution in [0.1, 0.15) is 6.92 Å². The predicted octanol–water partition coefficient (Wildman–Crippen LogP) is 1.75. The first-order valence-corrected chi connectivity index (χ1v) is 5.76. The van der Waals surface area contributed by atoms with Gasteiger partial charge in [-0.05, 0) is 18.7 Å². The maximum absolute atomic E-state index is 5.20. The van der Waals surface area contributed by atoms with Gasteiger partial charge in [0, 0.05) is 32.4 Å². The quantitative estimate of drug-likeness (QED) is 0.760. The third-order valence-electron chi connectivity index (χ3n) is 2.55. The van der Waals surface area contributed by atoms with Crippen LogP contribution in [0.3, 0.4) is 0 Å². The first kappa shape index (κ1) is 13.0.